The first-order valence-electron chi connectivity index (χ1n) is 10.5. The smallest absolute Gasteiger partial charge is 0.252 e. The summed E-state index contributed by atoms with van der Waals surface area (Å²) in [5.41, 5.74) is 4.53. The molecule has 3 heterocycles. The number of morpholine rings is 1. The molecular weight excluding hydrogens is 378 g/mol. The molecule has 0 radical (unpaired) electrons. The normalized spacial score (nSPS) is 15.1. The first kappa shape index (κ1) is 20.5. The Morgan fingerprint density at radius 3 is 2.57 bits per heavy atom. The van der Waals surface area contributed by atoms with E-state index >= 15 is 0 Å². The highest BCUT2D eigenvalue weighted by Gasteiger charge is 2.17. The van der Waals surface area contributed by atoms with E-state index in [9.17, 15) is 4.79 Å². The molecule has 1 amide bonds. The summed E-state index contributed by atoms with van der Waals surface area (Å²) >= 11 is 0. The molecule has 7 heteroatoms. The zero-order valence-corrected chi connectivity index (χ0v) is 17.9. The Kier molecular flexibility index (Phi) is 6.11. The number of aryl methyl sites for hydroxylation is 1. The molecule has 0 unspecified atom stereocenters. The zero-order chi connectivity index (χ0) is 21.1. The van der Waals surface area contributed by atoms with E-state index in [1.54, 1.807) is 6.20 Å². The number of fused-ring (bicyclic) bond motifs is 1. The van der Waals surface area contributed by atoms with Crippen LogP contribution in [0.1, 0.15) is 47.1 Å². The molecule has 7 nitrogen and oxygen atoms in total. The summed E-state index contributed by atoms with van der Waals surface area (Å²) in [5.74, 6) is -0.105. The maximum atomic E-state index is 12.9. The van der Waals surface area contributed by atoms with Crippen LogP contribution in [-0.4, -0.2) is 51.9 Å². The summed E-state index contributed by atoms with van der Waals surface area (Å²) in [6.07, 6.45) is 1.73. The molecular formula is C23H29N5O2. The van der Waals surface area contributed by atoms with Crippen molar-refractivity contribution >= 4 is 16.9 Å². The monoisotopic (exact) mass is 407 g/mol. The summed E-state index contributed by atoms with van der Waals surface area (Å²) in [7, 11) is 0. The number of aromatic nitrogens is 3. The largest absolute Gasteiger partial charge is 0.379 e. The Morgan fingerprint density at radius 1 is 1.17 bits per heavy atom. The average molecular weight is 408 g/mol. The molecule has 0 aliphatic carbocycles. The number of ether oxygens (including phenoxy) is 1. The second kappa shape index (κ2) is 8.93. The van der Waals surface area contributed by atoms with Crippen LogP contribution in [0.3, 0.4) is 0 Å². The fourth-order valence-corrected chi connectivity index (χ4v) is 3.77. The molecule has 0 atom stereocenters. The van der Waals surface area contributed by atoms with Crippen LogP contribution in [0.5, 0.6) is 0 Å². The third-order valence-electron chi connectivity index (χ3n) is 5.41. The molecule has 30 heavy (non-hydrogen) atoms. The van der Waals surface area contributed by atoms with Gasteiger partial charge in [0, 0.05) is 37.9 Å². The minimum absolute atomic E-state index is 0.105. The number of amides is 1. The van der Waals surface area contributed by atoms with Gasteiger partial charge < -0.3 is 10.1 Å². The van der Waals surface area contributed by atoms with Crippen molar-refractivity contribution in [3.05, 3.63) is 58.9 Å². The fraction of sp³-hybridized carbons (Fsp3) is 0.435. The van der Waals surface area contributed by atoms with E-state index in [2.05, 4.69) is 58.4 Å². The van der Waals surface area contributed by atoms with Crippen LogP contribution >= 0.6 is 0 Å². The fourth-order valence-electron chi connectivity index (χ4n) is 3.77. The molecule has 158 valence electrons. The predicted molar refractivity (Wildman–Crippen MR) is 116 cm³/mol. The highest BCUT2D eigenvalue weighted by Crippen LogP contribution is 2.21. The van der Waals surface area contributed by atoms with Gasteiger partial charge in [-0.25, -0.2) is 9.67 Å². The van der Waals surface area contributed by atoms with Crippen molar-refractivity contribution in [1.82, 2.24) is 25.0 Å². The van der Waals surface area contributed by atoms with Gasteiger partial charge in [0.2, 0.25) is 0 Å². The summed E-state index contributed by atoms with van der Waals surface area (Å²) in [5, 5.41) is 8.25. The highest BCUT2D eigenvalue weighted by molar-refractivity contribution is 6.05. The molecule has 1 aliphatic rings. The lowest BCUT2D eigenvalue weighted by molar-refractivity contribution is 0.0342. The molecule has 1 aromatic carbocycles. The van der Waals surface area contributed by atoms with Gasteiger partial charge in [-0.1, -0.05) is 24.3 Å². The van der Waals surface area contributed by atoms with Crippen LogP contribution in [0.25, 0.3) is 11.0 Å². The minimum Gasteiger partial charge on any atom is -0.379 e. The number of pyridine rings is 1. The highest BCUT2D eigenvalue weighted by atomic mass is 16.5. The summed E-state index contributed by atoms with van der Waals surface area (Å²) in [6.45, 7) is 11.0. The Bertz CT molecular complexity index is 1020. The number of carbonyl (C=O) groups is 1. The number of hydrogen-bond acceptors (Lipinski definition) is 5. The Balaban J connectivity index is 1.42. The van der Waals surface area contributed by atoms with Crippen molar-refractivity contribution in [2.24, 2.45) is 0 Å². The van der Waals surface area contributed by atoms with E-state index in [1.165, 1.54) is 5.56 Å². The lowest BCUT2D eigenvalue weighted by Gasteiger charge is -2.26. The number of rotatable bonds is 6. The zero-order valence-electron chi connectivity index (χ0n) is 17.9. The van der Waals surface area contributed by atoms with E-state index in [0.717, 1.165) is 55.1 Å². The average Bonchev–Trinajstić information content (AvgIpc) is 3.17. The van der Waals surface area contributed by atoms with E-state index in [-0.39, 0.29) is 11.9 Å². The Labute approximate surface area is 177 Å². The molecule has 0 spiro atoms. The van der Waals surface area contributed by atoms with Crippen molar-refractivity contribution in [1.29, 1.82) is 0 Å². The molecule has 1 aliphatic heterocycles. The second-order valence-electron chi connectivity index (χ2n) is 8.12. The number of hydrogen-bond donors (Lipinski definition) is 1. The van der Waals surface area contributed by atoms with Crippen LogP contribution in [-0.2, 0) is 17.8 Å². The molecule has 1 fully saturated rings. The number of nitrogens with zero attached hydrogens (tertiary/aromatic N) is 4. The molecule has 3 aromatic rings. The van der Waals surface area contributed by atoms with E-state index in [4.69, 9.17) is 4.74 Å². The minimum atomic E-state index is -0.105. The van der Waals surface area contributed by atoms with Gasteiger partial charge in [0.15, 0.2) is 5.65 Å². The summed E-state index contributed by atoms with van der Waals surface area (Å²) in [6, 6.07) is 10.5. The third kappa shape index (κ3) is 4.52. The topological polar surface area (TPSA) is 72.3 Å². The lowest BCUT2D eigenvalue weighted by Crippen LogP contribution is -2.35. The second-order valence-corrected chi connectivity index (χ2v) is 8.12. The van der Waals surface area contributed by atoms with Gasteiger partial charge >= 0.3 is 0 Å². The maximum absolute atomic E-state index is 12.9. The third-order valence-corrected chi connectivity index (χ3v) is 5.41. The molecule has 2 aromatic heterocycles. The number of nitrogens with one attached hydrogen (secondary N) is 1. The van der Waals surface area contributed by atoms with Crippen LogP contribution in [0.15, 0.2) is 36.5 Å². The maximum Gasteiger partial charge on any atom is 0.252 e. The number of benzene rings is 1. The van der Waals surface area contributed by atoms with E-state index < -0.39 is 0 Å². The van der Waals surface area contributed by atoms with Crippen molar-refractivity contribution in [2.45, 2.75) is 39.9 Å². The lowest BCUT2D eigenvalue weighted by atomic mass is 10.1. The molecule has 0 saturated carbocycles. The first-order valence-corrected chi connectivity index (χ1v) is 10.5. The van der Waals surface area contributed by atoms with Gasteiger partial charge in [0.25, 0.3) is 5.91 Å². The van der Waals surface area contributed by atoms with Gasteiger partial charge in [0.05, 0.1) is 30.4 Å². The van der Waals surface area contributed by atoms with Crippen LogP contribution in [0, 0.1) is 6.92 Å². The van der Waals surface area contributed by atoms with Crippen LogP contribution < -0.4 is 5.32 Å². The van der Waals surface area contributed by atoms with Crippen molar-refractivity contribution in [2.75, 3.05) is 26.3 Å². The van der Waals surface area contributed by atoms with Gasteiger partial charge in [-0.3, -0.25) is 9.69 Å². The van der Waals surface area contributed by atoms with Crippen molar-refractivity contribution < 1.29 is 9.53 Å². The Hall–Kier alpha value is -2.77. The molecule has 1 N–H and O–H groups in total. The van der Waals surface area contributed by atoms with Crippen LogP contribution in [0.2, 0.25) is 0 Å². The summed E-state index contributed by atoms with van der Waals surface area (Å²) < 4.78 is 7.26. The molecule has 0 bridgehead atoms. The molecule has 4 rings (SSSR count). The van der Waals surface area contributed by atoms with Crippen molar-refractivity contribution in [3.63, 3.8) is 0 Å². The van der Waals surface area contributed by atoms with Gasteiger partial charge in [-0.2, -0.15) is 5.10 Å². The predicted octanol–water partition coefficient (Wildman–Crippen LogP) is 3.08. The van der Waals surface area contributed by atoms with E-state index in [1.807, 2.05) is 17.7 Å². The number of carbonyl (C=O) groups excluding carboxylic acids is 1. The van der Waals surface area contributed by atoms with Gasteiger partial charge in [0.1, 0.15) is 0 Å². The summed E-state index contributed by atoms with van der Waals surface area (Å²) in [4.78, 5) is 19.9. The Morgan fingerprint density at radius 2 is 1.87 bits per heavy atom. The standard InChI is InChI=1S/C23H29N5O2/c1-16(2)28-22-21(14-25-28)20(12-17(3)26-22)23(29)24-13-18-4-6-19(7-5-18)15-27-8-10-30-11-9-27/h4-7,12,14,16H,8-11,13,15H2,1-3H3,(H,24,29). The van der Waals surface area contributed by atoms with Crippen molar-refractivity contribution in [3.8, 4) is 0 Å². The first-order chi connectivity index (χ1) is 14.5. The molecule has 1 saturated heterocycles. The van der Waals surface area contributed by atoms with E-state index in [0.29, 0.717) is 12.1 Å². The van der Waals surface area contributed by atoms with Gasteiger partial charge in [-0.05, 0) is 38.0 Å². The SMILES string of the molecule is Cc1cc(C(=O)NCc2ccc(CN3CCOCC3)cc2)c2cnn(C(C)C)c2n1. The van der Waals surface area contributed by atoms with Crippen LogP contribution in [0.4, 0.5) is 0 Å². The quantitative estimate of drug-likeness (QED) is 0.680. The van der Waals surface area contributed by atoms with Gasteiger partial charge in [-0.15, -0.1) is 0 Å².